The maximum absolute atomic E-state index is 6.46. The SMILES string of the molecule is C[C@@H](NCc1ccc(Br)cc1)[C@@H](O[Si](C)(C)C)c1ccccc1. The summed E-state index contributed by atoms with van der Waals surface area (Å²) in [6, 6.07) is 19.2. The monoisotopic (exact) mass is 391 g/mol. The van der Waals surface area contributed by atoms with Gasteiger partial charge in [0.1, 0.15) is 0 Å². The Kier molecular flexibility index (Phi) is 6.59. The number of benzene rings is 2. The highest BCUT2D eigenvalue weighted by atomic mass is 79.9. The summed E-state index contributed by atoms with van der Waals surface area (Å²) in [6.45, 7) is 9.77. The highest BCUT2D eigenvalue weighted by Crippen LogP contribution is 2.26. The molecule has 0 aromatic heterocycles. The van der Waals surface area contributed by atoms with Crippen molar-refractivity contribution in [1.29, 1.82) is 0 Å². The Bertz CT molecular complexity index is 595. The summed E-state index contributed by atoms with van der Waals surface area (Å²) in [5.41, 5.74) is 2.52. The van der Waals surface area contributed by atoms with Crippen LogP contribution in [-0.4, -0.2) is 14.4 Å². The molecule has 0 unspecified atom stereocenters. The summed E-state index contributed by atoms with van der Waals surface area (Å²) in [7, 11) is -1.63. The van der Waals surface area contributed by atoms with Gasteiger partial charge in [-0.15, -0.1) is 0 Å². The fraction of sp³-hybridized carbons (Fsp3) is 0.368. The Labute approximate surface area is 149 Å². The van der Waals surface area contributed by atoms with E-state index >= 15 is 0 Å². The van der Waals surface area contributed by atoms with Crippen LogP contribution in [0.4, 0.5) is 0 Å². The van der Waals surface area contributed by atoms with Crippen LogP contribution in [0.1, 0.15) is 24.2 Å². The van der Waals surface area contributed by atoms with Crippen molar-refractivity contribution in [3.63, 3.8) is 0 Å². The van der Waals surface area contributed by atoms with Gasteiger partial charge < -0.3 is 9.74 Å². The van der Waals surface area contributed by atoms with Crippen LogP contribution in [0.5, 0.6) is 0 Å². The van der Waals surface area contributed by atoms with Gasteiger partial charge in [0, 0.05) is 17.1 Å². The van der Waals surface area contributed by atoms with Gasteiger partial charge in [0.15, 0.2) is 8.32 Å². The topological polar surface area (TPSA) is 21.3 Å². The van der Waals surface area contributed by atoms with Gasteiger partial charge in [0.25, 0.3) is 0 Å². The van der Waals surface area contributed by atoms with E-state index in [-0.39, 0.29) is 12.1 Å². The quantitative estimate of drug-likeness (QED) is 0.627. The Morgan fingerprint density at radius 1 is 1.00 bits per heavy atom. The molecule has 124 valence electrons. The molecule has 0 bridgehead atoms. The minimum Gasteiger partial charge on any atom is -0.409 e. The Morgan fingerprint density at radius 3 is 2.17 bits per heavy atom. The summed E-state index contributed by atoms with van der Waals surface area (Å²) in [5, 5.41) is 3.62. The maximum atomic E-state index is 6.46. The van der Waals surface area contributed by atoms with E-state index in [9.17, 15) is 0 Å². The van der Waals surface area contributed by atoms with E-state index in [4.69, 9.17) is 4.43 Å². The van der Waals surface area contributed by atoms with Crippen LogP contribution in [-0.2, 0) is 11.0 Å². The van der Waals surface area contributed by atoms with E-state index in [1.54, 1.807) is 0 Å². The van der Waals surface area contributed by atoms with Crippen molar-refractivity contribution in [3.8, 4) is 0 Å². The van der Waals surface area contributed by atoms with Crippen LogP contribution in [0.3, 0.4) is 0 Å². The highest BCUT2D eigenvalue weighted by Gasteiger charge is 2.26. The van der Waals surface area contributed by atoms with Gasteiger partial charge >= 0.3 is 0 Å². The summed E-state index contributed by atoms with van der Waals surface area (Å²) in [4.78, 5) is 0. The van der Waals surface area contributed by atoms with E-state index in [0.29, 0.717) is 0 Å². The summed E-state index contributed by atoms with van der Waals surface area (Å²) in [6.07, 6.45) is 0.0818. The van der Waals surface area contributed by atoms with Gasteiger partial charge in [-0.1, -0.05) is 58.4 Å². The van der Waals surface area contributed by atoms with Crippen LogP contribution in [0.15, 0.2) is 59.1 Å². The number of halogens is 1. The molecule has 0 heterocycles. The molecule has 0 radical (unpaired) electrons. The first-order valence-electron chi connectivity index (χ1n) is 8.06. The van der Waals surface area contributed by atoms with Gasteiger partial charge in [-0.05, 0) is 49.8 Å². The van der Waals surface area contributed by atoms with E-state index < -0.39 is 8.32 Å². The molecule has 0 aliphatic rings. The molecule has 0 saturated carbocycles. The second kappa shape index (κ2) is 8.24. The van der Waals surface area contributed by atoms with Gasteiger partial charge in [-0.25, -0.2) is 0 Å². The third-order valence-corrected chi connectivity index (χ3v) is 5.09. The van der Waals surface area contributed by atoms with E-state index in [1.165, 1.54) is 11.1 Å². The molecule has 0 spiro atoms. The molecular weight excluding hydrogens is 366 g/mol. The van der Waals surface area contributed by atoms with E-state index in [0.717, 1.165) is 11.0 Å². The minimum absolute atomic E-state index is 0.0818. The van der Waals surface area contributed by atoms with E-state index in [2.05, 4.69) is 102 Å². The molecule has 0 aliphatic heterocycles. The molecule has 0 saturated heterocycles. The van der Waals surface area contributed by atoms with Crippen LogP contribution in [0.25, 0.3) is 0 Å². The molecule has 2 rings (SSSR count). The molecular formula is C19H26BrNOSi. The van der Waals surface area contributed by atoms with Crippen molar-refractivity contribution in [2.75, 3.05) is 0 Å². The largest absolute Gasteiger partial charge is 0.409 e. The normalized spacial score (nSPS) is 14.5. The molecule has 2 atom stereocenters. The predicted molar refractivity (Wildman–Crippen MR) is 104 cm³/mol. The molecule has 4 heteroatoms. The van der Waals surface area contributed by atoms with Gasteiger partial charge in [0.05, 0.1) is 6.10 Å². The van der Waals surface area contributed by atoms with Crippen LogP contribution in [0, 0.1) is 0 Å². The fourth-order valence-electron chi connectivity index (χ4n) is 2.47. The lowest BCUT2D eigenvalue weighted by Gasteiger charge is -2.32. The molecule has 23 heavy (non-hydrogen) atoms. The minimum atomic E-state index is -1.63. The first-order valence-corrected chi connectivity index (χ1v) is 12.3. The maximum Gasteiger partial charge on any atom is 0.184 e. The molecule has 0 fully saturated rings. The molecule has 2 nitrogen and oxygen atoms in total. The van der Waals surface area contributed by atoms with Crippen molar-refractivity contribution >= 4 is 24.2 Å². The molecule has 2 aromatic rings. The van der Waals surface area contributed by atoms with Crippen molar-refractivity contribution in [2.45, 2.75) is 45.3 Å². The zero-order chi connectivity index (χ0) is 16.9. The lowest BCUT2D eigenvalue weighted by atomic mass is 10.0. The molecule has 2 aromatic carbocycles. The number of rotatable bonds is 7. The zero-order valence-corrected chi connectivity index (χ0v) is 16.9. The molecule has 1 N–H and O–H groups in total. The Morgan fingerprint density at radius 2 is 1.61 bits per heavy atom. The van der Waals surface area contributed by atoms with Gasteiger partial charge in [-0.2, -0.15) is 0 Å². The number of hydrogen-bond acceptors (Lipinski definition) is 2. The summed E-state index contributed by atoms with van der Waals surface area (Å²) in [5.74, 6) is 0. The van der Waals surface area contributed by atoms with Crippen molar-refractivity contribution < 1.29 is 4.43 Å². The van der Waals surface area contributed by atoms with E-state index in [1.807, 2.05) is 0 Å². The lowest BCUT2D eigenvalue weighted by Crippen LogP contribution is -2.39. The first-order chi connectivity index (χ1) is 10.8. The lowest BCUT2D eigenvalue weighted by molar-refractivity contribution is 0.154. The number of hydrogen-bond donors (Lipinski definition) is 1. The van der Waals surface area contributed by atoms with Crippen molar-refractivity contribution in [2.24, 2.45) is 0 Å². The second-order valence-electron chi connectivity index (χ2n) is 6.86. The fourth-order valence-corrected chi connectivity index (χ4v) is 3.84. The number of nitrogens with one attached hydrogen (secondary N) is 1. The average Bonchev–Trinajstić information content (AvgIpc) is 2.52. The van der Waals surface area contributed by atoms with Crippen LogP contribution >= 0.6 is 15.9 Å². The standard InChI is InChI=1S/C19H26BrNOSi/c1-15(21-14-16-10-12-18(20)13-11-16)19(22-23(2,3)4)17-8-6-5-7-9-17/h5-13,15,19,21H,14H2,1-4H3/t15-,19-/m1/s1. The van der Waals surface area contributed by atoms with Crippen LogP contribution in [0.2, 0.25) is 19.6 Å². The first kappa shape index (κ1) is 18.4. The zero-order valence-electron chi connectivity index (χ0n) is 14.3. The third-order valence-electron chi connectivity index (χ3n) is 3.60. The van der Waals surface area contributed by atoms with Crippen molar-refractivity contribution in [1.82, 2.24) is 5.32 Å². The second-order valence-corrected chi connectivity index (χ2v) is 12.2. The third kappa shape index (κ3) is 6.22. The molecule has 0 aliphatic carbocycles. The van der Waals surface area contributed by atoms with Gasteiger partial charge in [0.2, 0.25) is 0 Å². The molecule has 0 amide bonds. The summed E-state index contributed by atoms with van der Waals surface area (Å²) >= 11 is 3.48. The Balaban J connectivity index is 2.07. The Hall–Kier alpha value is -0.943. The van der Waals surface area contributed by atoms with Gasteiger partial charge in [-0.3, -0.25) is 0 Å². The predicted octanol–water partition coefficient (Wildman–Crippen LogP) is 5.52. The van der Waals surface area contributed by atoms with Crippen molar-refractivity contribution in [3.05, 3.63) is 70.2 Å². The highest BCUT2D eigenvalue weighted by molar-refractivity contribution is 9.10. The van der Waals surface area contributed by atoms with Crippen LogP contribution < -0.4 is 5.32 Å². The summed E-state index contributed by atoms with van der Waals surface area (Å²) < 4.78 is 7.57. The smallest absolute Gasteiger partial charge is 0.184 e. The average molecular weight is 392 g/mol.